The van der Waals surface area contributed by atoms with Gasteiger partial charge in [0, 0.05) is 31.5 Å². The first-order valence-electron chi connectivity index (χ1n) is 10.4. The molecule has 1 aromatic carbocycles. The predicted molar refractivity (Wildman–Crippen MR) is 120 cm³/mol. The highest BCUT2D eigenvalue weighted by molar-refractivity contribution is 6.34. The van der Waals surface area contributed by atoms with Gasteiger partial charge in [-0.15, -0.1) is 0 Å². The molecule has 0 radical (unpaired) electrons. The molecule has 1 fully saturated rings. The van der Waals surface area contributed by atoms with Crippen LogP contribution in [-0.2, 0) is 4.74 Å². The van der Waals surface area contributed by atoms with Gasteiger partial charge in [-0.1, -0.05) is 23.7 Å². The van der Waals surface area contributed by atoms with E-state index in [1.807, 2.05) is 27.7 Å². The van der Waals surface area contributed by atoms with E-state index in [4.69, 9.17) is 21.1 Å². The number of nitrogens with zero attached hydrogens (tertiary/aromatic N) is 2. The van der Waals surface area contributed by atoms with Crippen molar-refractivity contribution < 1.29 is 23.5 Å². The van der Waals surface area contributed by atoms with E-state index in [1.165, 1.54) is 18.2 Å². The Morgan fingerprint density at radius 1 is 1.22 bits per heavy atom. The summed E-state index contributed by atoms with van der Waals surface area (Å²) < 4.78 is 25.4. The number of halogens is 2. The molecule has 1 aromatic heterocycles. The Morgan fingerprint density at radius 2 is 1.94 bits per heavy atom. The Kier molecular flexibility index (Phi) is 7.23. The molecule has 7 nitrogen and oxygen atoms in total. The van der Waals surface area contributed by atoms with Gasteiger partial charge in [0.1, 0.15) is 23.3 Å². The zero-order chi connectivity index (χ0) is 23.5. The lowest BCUT2D eigenvalue weighted by atomic mass is 10.0. The molecule has 1 N–H and O–H groups in total. The minimum absolute atomic E-state index is 0.0145. The number of hydrogen-bond acceptors (Lipinski definition) is 5. The van der Waals surface area contributed by atoms with Crippen LogP contribution in [0.3, 0.4) is 0 Å². The average Bonchev–Trinajstić information content (AvgIpc) is 2.66. The van der Waals surface area contributed by atoms with Crippen molar-refractivity contribution in [1.29, 1.82) is 0 Å². The van der Waals surface area contributed by atoms with Gasteiger partial charge in [-0.3, -0.25) is 4.79 Å². The van der Waals surface area contributed by atoms with E-state index in [0.29, 0.717) is 25.3 Å². The number of hydrogen-bond donors (Lipinski definition) is 1. The fourth-order valence-electron chi connectivity index (χ4n) is 3.44. The highest BCUT2D eigenvalue weighted by atomic mass is 35.5. The number of nitrogens with one attached hydrogen (secondary N) is 1. The second-order valence-corrected chi connectivity index (χ2v) is 9.11. The van der Waals surface area contributed by atoms with Crippen LogP contribution in [0.5, 0.6) is 5.88 Å². The molecule has 0 spiro atoms. The van der Waals surface area contributed by atoms with Crippen LogP contribution in [0.4, 0.5) is 15.0 Å². The number of rotatable bonds is 4. The molecule has 0 saturated carbocycles. The number of benzene rings is 1. The third kappa shape index (κ3) is 6.09. The number of carbonyl (C=O) groups is 2. The summed E-state index contributed by atoms with van der Waals surface area (Å²) in [6.45, 7) is 7.96. The first-order chi connectivity index (χ1) is 15.0. The van der Waals surface area contributed by atoms with Gasteiger partial charge in [0.05, 0.1) is 10.6 Å². The molecule has 2 heterocycles. The maximum atomic E-state index is 14.0. The van der Waals surface area contributed by atoms with Crippen LogP contribution in [0.1, 0.15) is 50.9 Å². The maximum Gasteiger partial charge on any atom is 0.410 e. The van der Waals surface area contributed by atoms with Crippen molar-refractivity contribution in [3.63, 3.8) is 0 Å². The van der Waals surface area contributed by atoms with Gasteiger partial charge < -0.3 is 19.7 Å². The van der Waals surface area contributed by atoms with Crippen molar-refractivity contribution in [2.24, 2.45) is 0 Å². The summed E-state index contributed by atoms with van der Waals surface area (Å²) in [7, 11) is 0. The number of aromatic nitrogens is 1. The number of carbonyl (C=O) groups excluding carboxylic acids is 2. The number of anilines is 1. The van der Waals surface area contributed by atoms with E-state index in [9.17, 15) is 14.0 Å². The normalized spacial score (nSPS) is 18.8. The van der Waals surface area contributed by atoms with Gasteiger partial charge in [0.2, 0.25) is 5.88 Å². The lowest BCUT2D eigenvalue weighted by Crippen LogP contribution is -2.49. The van der Waals surface area contributed by atoms with Crippen LogP contribution < -0.4 is 10.1 Å². The molecule has 2 amide bonds. The topological polar surface area (TPSA) is 80.8 Å². The zero-order valence-corrected chi connectivity index (χ0v) is 19.3. The van der Waals surface area contributed by atoms with E-state index in [-0.39, 0.29) is 34.6 Å². The van der Waals surface area contributed by atoms with Gasteiger partial charge in [0.15, 0.2) is 0 Å². The van der Waals surface area contributed by atoms with Gasteiger partial charge in [-0.05, 0) is 45.9 Å². The largest absolute Gasteiger partial charge is 0.474 e. The Bertz CT molecular complexity index is 975. The maximum absolute atomic E-state index is 14.0. The van der Waals surface area contributed by atoms with E-state index in [0.717, 1.165) is 0 Å². The van der Waals surface area contributed by atoms with E-state index in [1.54, 1.807) is 23.1 Å². The minimum Gasteiger partial charge on any atom is -0.474 e. The van der Waals surface area contributed by atoms with Crippen molar-refractivity contribution in [2.75, 3.05) is 11.9 Å². The Morgan fingerprint density at radius 3 is 2.59 bits per heavy atom. The van der Waals surface area contributed by atoms with Gasteiger partial charge in [-0.25, -0.2) is 9.18 Å². The first-order valence-corrected chi connectivity index (χ1v) is 10.8. The zero-order valence-electron chi connectivity index (χ0n) is 18.5. The van der Waals surface area contributed by atoms with Crippen LogP contribution in [-0.4, -0.2) is 46.2 Å². The van der Waals surface area contributed by atoms with Gasteiger partial charge in [-0.2, -0.15) is 4.98 Å². The number of pyridine rings is 1. The van der Waals surface area contributed by atoms with Crippen molar-refractivity contribution in [2.45, 2.75) is 58.3 Å². The standard InChI is InChI=1S/C23H27ClFN3O4/c1-14-13-15(11-12-28(14)22(30)32-23(2,3)4)31-19-10-6-9-18(26-19)27-21(29)20-16(24)7-5-8-17(20)25/h5-10,14-15H,11-13H2,1-4H3,(H,26,27,29)/t14-,15-/m1/s1. The summed E-state index contributed by atoms with van der Waals surface area (Å²) in [5.74, 6) is -0.874. The molecule has 0 aliphatic carbocycles. The molecule has 172 valence electrons. The summed E-state index contributed by atoms with van der Waals surface area (Å²) in [5.41, 5.74) is -0.795. The van der Waals surface area contributed by atoms with Crippen LogP contribution in [0.15, 0.2) is 36.4 Å². The predicted octanol–water partition coefficient (Wildman–Crippen LogP) is 5.29. The smallest absolute Gasteiger partial charge is 0.410 e. The Hall–Kier alpha value is -2.87. The number of ether oxygens (including phenoxy) is 2. The lowest BCUT2D eigenvalue weighted by molar-refractivity contribution is -0.00149. The fourth-order valence-corrected chi connectivity index (χ4v) is 3.69. The molecule has 2 aromatic rings. The summed E-state index contributed by atoms with van der Waals surface area (Å²) in [5, 5.41) is 2.56. The second kappa shape index (κ2) is 9.73. The Balaban J connectivity index is 1.61. The summed E-state index contributed by atoms with van der Waals surface area (Å²) in [6, 6.07) is 8.91. The quantitative estimate of drug-likeness (QED) is 0.666. The number of likely N-dealkylation sites (tertiary alicyclic amines) is 1. The summed E-state index contributed by atoms with van der Waals surface area (Å²) >= 11 is 5.95. The van der Waals surface area contributed by atoms with Crippen molar-refractivity contribution in [1.82, 2.24) is 9.88 Å². The third-order valence-electron chi connectivity index (χ3n) is 4.90. The summed E-state index contributed by atoms with van der Waals surface area (Å²) in [6.07, 6.45) is 0.746. The molecule has 9 heteroatoms. The van der Waals surface area contributed by atoms with Crippen LogP contribution in [0, 0.1) is 5.82 Å². The molecule has 1 aliphatic rings. The van der Waals surface area contributed by atoms with E-state index >= 15 is 0 Å². The van der Waals surface area contributed by atoms with Crippen LogP contribution in [0.25, 0.3) is 0 Å². The lowest BCUT2D eigenvalue weighted by Gasteiger charge is -2.38. The molecule has 1 saturated heterocycles. The first kappa shape index (κ1) is 23.8. The van der Waals surface area contributed by atoms with E-state index < -0.39 is 17.3 Å². The molecule has 3 rings (SSSR count). The third-order valence-corrected chi connectivity index (χ3v) is 5.21. The monoisotopic (exact) mass is 463 g/mol. The van der Waals surface area contributed by atoms with Gasteiger partial charge >= 0.3 is 6.09 Å². The average molecular weight is 464 g/mol. The van der Waals surface area contributed by atoms with Crippen LogP contribution >= 0.6 is 11.6 Å². The minimum atomic E-state index is -0.715. The molecule has 0 bridgehead atoms. The Labute approximate surface area is 191 Å². The fraction of sp³-hybridized carbons (Fsp3) is 0.435. The molecular formula is C23H27ClFN3O4. The number of piperidine rings is 1. The molecule has 0 unspecified atom stereocenters. The molecule has 2 atom stereocenters. The van der Waals surface area contributed by atoms with Crippen molar-refractivity contribution in [3.8, 4) is 5.88 Å². The number of amides is 2. The second-order valence-electron chi connectivity index (χ2n) is 8.70. The SMILES string of the molecule is C[C@@H]1C[C@H](Oc2cccc(NC(=O)c3c(F)cccc3Cl)n2)CCN1C(=O)OC(C)(C)C. The van der Waals surface area contributed by atoms with Crippen LogP contribution in [0.2, 0.25) is 5.02 Å². The molecule has 1 aliphatic heterocycles. The van der Waals surface area contributed by atoms with Crippen molar-refractivity contribution >= 4 is 29.4 Å². The highest BCUT2D eigenvalue weighted by Crippen LogP contribution is 2.25. The molecular weight excluding hydrogens is 437 g/mol. The van der Waals surface area contributed by atoms with Gasteiger partial charge in [0.25, 0.3) is 5.91 Å². The summed E-state index contributed by atoms with van der Waals surface area (Å²) in [4.78, 5) is 30.8. The highest BCUT2D eigenvalue weighted by Gasteiger charge is 2.32. The van der Waals surface area contributed by atoms with E-state index in [2.05, 4.69) is 10.3 Å². The molecule has 32 heavy (non-hydrogen) atoms. The van der Waals surface area contributed by atoms with Crippen molar-refractivity contribution in [3.05, 3.63) is 52.8 Å².